The second-order valence-electron chi connectivity index (χ2n) is 7.31. The van der Waals surface area contributed by atoms with Crippen LogP contribution in [0.5, 0.6) is 0 Å². The molecule has 17 heavy (non-hydrogen) atoms. The van der Waals surface area contributed by atoms with Crippen molar-refractivity contribution >= 4 is 7.85 Å². The van der Waals surface area contributed by atoms with Crippen molar-refractivity contribution in [2.24, 2.45) is 29.6 Å². The molecule has 1 saturated carbocycles. The Morgan fingerprint density at radius 2 is 1.71 bits per heavy atom. The average molecular weight is 236 g/mol. The average Bonchev–Trinajstić information content (AvgIpc) is 2.51. The third kappa shape index (κ3) is 4.34. The summed E-state index contributed by atoms with van der Waals surface area (Å²) in [5, 5.41) is 0. The first kappa shape index (κ1) is 15.1. The number of hydrogen-bond acceptors (Lipinski definition) is 0. The first-order valence-corrected chi connectivity index (χ1v) is 7.95. The molecule has 0 N–H and O–H groups in total. The topological polar surface area (TPSA) is 0 Å². The van der Waals surface area contributed by atoms with Gasteiger partial charge in [-0.2, -0.15) is 0 Å². The van der Waals surface area contributed by atoms with E-state index in [0.29, 0.717) is 0 Å². The summed E-state index contributed by atoms with van der Waals surface area (Å²) in [6.45, 7) is 11.9. The molecule has 0 aromatic rings. The molecular weight excluding hydrogens is 203 g/mol. The second-order valence-corrected chi connectivity index (χ2v) is 7.31. The van der Waals surface area contributed by atoms with Crippen LogP contribution in [0.4, 0.5) is 0 Å². The largest absolute Gasteiger partial charge is 0.105 e. The van der Waals surface area contributed by atoms with Crippen molar-refractivity contribution in [1.29, 1.82) is 0 Å². The summed E-state index contributed by atoms with van der Waals surface area (Å²) < 4.78 is 0. The molecule has 1 heteroatoms. The normalized spacial score (nSPS) is 33.8. The van der Waals surface area contributed by atoms with E-state index in [1.54, 1.807) is 0 Å². The quantitative estimate of drug-likeness (QED) is 0.593. The summed E-state index contributed by atoms with van der Waals surface area (Å²) in [7, 11) is 2.51. The van der Waals surface area contributed by atoms with Crippen molar-refractivity contribution < 1.29 is 0 Å². The van der Waals surface area contributed by atoms with Gasteiger partial charge in [-0.3, -0.25) is 0 Å². The Labute approximate surface area is 110 Å². The molecule has 0 heterocycles. The van der Waals surface area contributed by atoms with Gasteiger partial charge in [-0.25, -0.2) is 0 Å². The summed E-state index contributed by atoms with van der Waals surface area (Å²) in [6.07, 6.45) is 7.28. The van der Waals surface area contributed by atoms with E-state index in [4.69, 9.17) is 0 Å². The van der Waals surface area contributed by atoms with E-state index >= 15 is 0 Å². The standard InChI is InChI=1S/C16H33B/c1-6-14-13(8-7-11(2)3)10-16(17)15(14)9-12(4)5/h11-16H,6-10,17H2,1-5H3. The van der Waals surface area contributed by atoms with Crippen LogP contribution in [0.3, 0.4) is 0 Å². The molecule has 1 aliphatic carbocycles. The number of hydrogen-bond donors (Lipinski definition) is 0. The van der Waals surface area contributed by atoms with Gasteiger partial charge in [-0.1, -0.05) is 59.7 Å². The highest BCUT2D eigenvalue weighted by Crippen LogP contribution is 2.49. The van der Waals surface area contributed by atoms with Gasteiger partial charge in [0, 0.05) is 0 Å². The molecule has 0 amide bonds. The molecule has 4 unspecified atom stereocenters. The van der Waals surface area contributed by atoms with Crippen LogP contribution >= 0.6 is 0 Å². The molecule has 0 radical (unpaired) electrons. The zero-order valence-corrected chi connectivity index (χ0v) is 13.0. The lowest BCUT2D eigenvalue weighted by Crippen LogP contribution is -2.18. The van der Waals surface area contributed by atoms with Gasteiger partial charge in [-0.15, -0.1) is 0 Å². The molecule has 100 valence electrons. The Bertz CT molecular complexity index is 210. The fraction of sp³-hybridized carbons (Fsp3) is 1.00. The minimum Gasteiger partial charge on any atom is -0.0664 e. The molecule has 0 aromatic heterocycles. The minimum absolute atomic E-state index is 0.875. The summed E-state index contributed by atoms with van der Waals surface area (Å²) >= 11 is 0. The van der Waals surface area contributed by atoms with Gasteiger partial charge in [0.15, 0.2) is 0 Å². The van der Waals surface area contributed by atoms with E-state index in [0.717, 1.165) is 35.4 Å². The lowest BCUT2D eigenvalue weighted by Gasteiger charge is -2.27. The maximum Gasteiger partial charge on any atom is 0.105 e. The zero-order valence-electron chi connectivity index (χ0n) is 13.0. The molecule has 1 aliphatic rings. The van der Waals surface area contributed by atoms with Crippen molar-refractivity contribution in [2.45, 2.75) is 72.5 Å². The highest BCUT2D eigenvalue weighted by Gasteiger charge is 2.39. The van der Waals surface area contributed by atoms with Crippen LogP contribution < -0.4 is 0 Å². The van der Waals surface area contributed by atoms with Crippen molar-refractivity contribution in [3.63, 3.8) is 0 Å². The predicted molar refractivity (Wildman–Crippen MR) is 81.2 cm³/mol. The fourth-order valence-electron chi connectivity index (χ4n) is 4.07. The second kappa shape index (κ2) is 6.85. The van der Waals surface area contributed by atoms with Gasteiger partial charge in [-0.05, 0) is 42.4 Å². The van der Waals surface area contributed by atoms with Gasteiger partial charge in [0.05, 0.1) is 0 Å². The predicted octanol–water partition coefficient (Wildman–Crippen LogP) is 4.55. The van der Waals surface area contributed by atoms with Crippen molar-refractivity contribution in [3.05, 3.63) is 0 Å². The Morgan fingerprint density at radius 1 is 1.06 bits per heavy atom. The smallest absolute Gasteiger partial charge is 0.0664 e. The third-order valence-electron chi connectivity index (χ3n) is 4.89. The molecular formula is C16H33B. The van der Waals surface area contributed by atoms with Crippen LogP contribution in [0, 0.1) is 29.6 Å². The SMILES string of the molecule is BC1CC(CCC(C)C)C(CC)C1CC(C)C. The lowest BCUT2D eigenvalue weighted by atomic mass is 9.72. The third-order valence-corrected chi connectivity index (χ3v) is 4.89. The lowest BCUT2D eigenvalue weighted by molar-refractivity contribution is 0.249. The van der Waals surface area contributed by atoms with E-state index in [9.17, 15) is 0 Å². The maximum absolute atomic E-state index is 2.51. The molecule has 1 rings (SSSR count). The molecule has 0 aromatic carbocycles. The molecule has 0 spiro atoms. The van der Waals surface area contributed by atoms with E-state index in [-0.39, 0.29) is 0 Å². The van der Waals surface area contributed by atoms with Gasteiger partial charge < -0.3 is 0 Å². The van der Waals surface area contributed by atoms with Gasteiger partial charge >= 0.3 is 0 Å². The van der Waals surface area contributed by atoms with E-state index in [1.807, 2.05) is 0 Å². The molecule has 4 atom stereocenters. The maximum atomic E-state index is 2.51. The fourth-order valence-corrected chi connectivity index (χ4v) is 4.07. The van der Waals surface area contributed by atoms with E-state index in [1.165, 1.54) is 32.1 Å². The van der Waals surface area contributed by atoms with Crippen LogP contribution in [0.15, 0.2) is 0 Å². The Morgan fingerprint density at radius 3 is 2.18 bits per heavy atom. The van der Waals surface area contributed by atoms with Crippen LogP contribution in [0.25, 0.3) is 0 Å². The van der Waals surface area contributed by atoms with Gasteiger partial charge in [0.2, 0.25) is 0 Å². The van der Waals surface area contributed by atoms with Gasteiger partial charge in [0.1, 0.15) is 7.85 Å². The summed E-state index contributed by atoms with van der Waals surface area (Å²) in [5.41, 5.74) is 0. The summed E-state index contributed by atoms with van der Waals surface area (Å²) in [4.78, 5) is 0. The first-order chi connectivity index (χ1) is 7.95. The van der Waals surface area contributed by atoms with Gasteiger partial charge in [0.25, 0.3) is 0 Å². The monoisotopic (exact) mass is 236 g/mol. The van der Waals surface area contributed by atoms with E-state index < -0.39 is 0 Å². The Kier molecular flexibility index (Phi) is 6.10. The first-order valence-electron chi connectivity index (χ1n) is 7.95. The van der Waals surface area contributed by atoms with Crippen LogP contribution in [-0.2, 0) is 0 Å². The highest BCUT2D eigenvalue weighted by atomic mass is 14.4. The summed E-state index contributed by atoms with van der Waals surface area (Å²) in [5.74, 6) is 5.79. The Hall–Kier alpha value is 0.0649. The molecule has 0 bridgehead atoms. The molecule has 0 nitrogen and oxygen atoms in total. The summed E-state index contributed by atoms with van der Waals surface area (Å²) in [6, 6.07) is 0. The van der Waals surface area contributed by atoms with Crippen molar-refractivity contribution in [2.75, 3.05) is 0 Å². The molecule has 0 aliphatic heterocycles. The minimum atomic E-state index is 0.875. The Balaban J connectivity index is 2.56. The molecule has 1 fully saturated rings. The molecule has 0 saturated heterocycles. The van der Waals surface area contributed by atoms with Crippen LogP contribution in [0.1, 0.15) is 66.7 Å². The van der Waals surface area contributed by atoms with E-state index in [2.05, 4.69) is 42.5 Å². The zero-order chi connectivity index (χ0) is 13.0. The van der Waals surface area contributed by atoms with Crippen molar-refractivity contribution in [1.82, 2.24) is 0 Å². The highest BCUT2D eigenvalue weighted by molar-refractivity contribution is 6.12. The van der Waals surface area contributed by atoms with Crippen LogP contribution in [0.2, 0.25) is 5.82 Å². The van der Waals surface area contributed by atoms with Crippen LogP contribution in [-0.4, -0.2) is 7.85 Å². The number of rotatable bonds is 6. The van der Waals surface area contributed by atoms with Crippen molar-refractivity contribution in [3.8, 4) is 0 Å².